The molecule has 0 unspecified atom stereocenters. The molecule has 1 aromatic rings. The molecule has 1 heterocycles. The zero-order valence-electron chi connectivity index (χ0n) is 9.41. The van der Waals surface area contributed by atoms with Crippen LogP contribution in [0.2, 0.25) is 0 Å². The number of ether oxygens (including phenoxy) is 1. The van der Waals surface area contributed by atoms with Gasteiger partial charge in [-0.3, -0.25) is 4.79 Å². The van der Waals surface area contributed by atoms with Crippen LogP contribution < -0.4 is 0 Å². The molecule has 7 heteroatoms. The lowest BCUT2D eigenvalue weighted by molar-refractivity contribution is -0.142. The number of rotatable bonds is 4. The van der Waals surface area contributed by atoms with Gasteiger partial charge < -0.3 is 4.74 Å². The summed E-state index contributed by atoms with van der Waals surface area (Å²) in [4.78, 5) is 14.2. The van der Waals surface area contributed by atoms with E-state index in [2.05, 4.69) is 9.72 Å². The lowest BCUT2D eigenvalue weighted by Crippen LogP contribution is -2.11. The number of carbonyl (C=O) groups excluding carboxylic acids is 1. The summed E-state index contributed by atoms with van der Waals surface area (Å²) in [6.07, 6.45) is -3.54. The van der Waals surface area contributed by atoms with Crippen molar-refractivity contribution in [1.29, 1.82) is 5.26 Å². The van der Waals surface area contributed by atoms with Gasteiger partial charge in [0.1, 0.15) is 11.8 Å². The Kier molecular flexibility index (Phi) is 4.66. The lowest BCUT2D eigenvalue weighted by Gasteiger charge is -2.08. The Morgan fingerprint density at radius 3 is 2.78 bits per heavy atom. The topological polar surface area (TPSA) is 63.0 Å². The Balaban J connectivity index is 3.18. The van der Waals surface area contributed by atoms with Crippen LogP contribution in [0.15, 0.2) is 6.07 Å². The third-order valence-corrected chi connectivity index (χ3v) is 2.06. The molecule has 96 valence electrons. The molecule has 0 radical (unpaired) electrons. The number of esters is 1. The van der Waals surface area contributed by atoms with Crippen molar-refractivity contribution in [2.75, 3.05) is 6.61 Å². The summed E-state index contributed by atoms with van der Waals surface area (Å²) in [5.41, 5.74) is -1.60. The first-order chi connectivity index (χ1) is 8.49. The fourth-order valence-corrected chi connectivity index (χ4v) is 1.38. The van der Waals surface area contributed by atoms with Gasteiger partial charge in [-0.2, -0.15) is 9.65 Å². The van der Waals surface area contributed by atoms with Crippen LogP contribution in [0.4, 0.5) is 13.2 Å². The molecule has 0 saturated heterocycles. The summed E-state index contributed by atoms with van der Waals surface area (Å²) in [5.74, 6) is -1.89. The molecule has 0 atom stereocenters. The predicted molar refractivity (Wildman–Crippen MR) is 54.2 cm³/mol. The van der Waals surface area contributed by atoms with Gasteiger partial charge in [-0.25, -0.2) is 13.8 Å². The highest BCUT2D eigenvalue weighted by atomic mass is 19.3. The second kappa shape index (κ2) is 6.00. The van der Waals surface area contributed by atoms with E-state index in [0.29, 0.717) is 0 Å². The van der Waals surface area contributed by atoms with Crippen molar-refractivity contribution in [1.82, 2.24) is 4.98 Å². The second-order valence-corrected chi connectivity index (χ2v) is 3.26. The molecule has 0 aliphatic rings. The Morgan fingerprint density at radius 2 is 2.28 bits per heavy atom. The maximum Gasteiger partial charge on any atom is 0.310 e. The Labute approximate surface area is 101 Å². The number of nitriles is 1. The van der Waals surface area contributed by atoms with Crippen molar-refractivity contribution in [3.8, 4) is 6.07 Å². The van der Waals surface area contributed by atoms with Crippen LogP contribution in [0.5, 0.6) is 0 Å². The predicted octanol–water partition coefficient (Wildman–Crippen LogP) is 2.14. The molecule has 0 N–H and O–H groups in total. The summed E-state index contributed by atoms with van der Waals surface area (Å²) < 4.78 is 42.8. The van der Waals surface area contributed by atoms with Crippen molar-refractivity contribution in [3.63, 3.8) is 0 Å². The van der Waals surface area contributed by atoms with Gasteiger partial charge in [0.2, 0.25) is 5.95 Å². The maximum atomic E-state index is 13.0. The quantitative estimate of drug-likeness (QED) is 0.613. The average Bonchev–Trinajstić information content (AvgIpc) is 2.28. The minimum atomic E-state index is -3.09. The number of nitrogens with zero attached hydrogens (tertiary/aromatic N) is 2. The normalized spacial score (nSPS) is 10.2. The van der Waals surface area contributed by atoms with E-state index in [1.165, 1.54) is 6.07 Å². The van der Waals surface area contributed by atoms with Crippen molar-refractivity contribution >= 4 is 5.97 Å². The van der Waals surface area contributed by atoms with E-state index in [-0.39, 0.29) is 12.2 Å². The summed E-state index contributed by atoms with van der Waals surface area (Å²) in [6.45, 7) is 1.68. The fourth-order valence-electron chi connectivity index (χ4n) is 1.38. The highest BCUT2D eigenvalue weighted by Crippen LogP contribution is 2.24. The fraction of sp³-hybridized carbons (Fsp3) is 0.364. The molecule has 18 heavy (non-hydrogen) atoms. The van der Waals surface area contributed by atoms with Gasteiger partial charge in [-0.15, -0.1) is 0 Å². The van der Waals surface area contributed by atoms with Crippen LogP contribution >= 0.6 is 0 Å². The van der Waals surface area contributed by atoms with E-state index >= 15 is 0 Å². The van der Waals surface area contributed by atoms with Crippen LogP contribution in [0.3, 0.4) is 0 Å². The molecule has 0 saturated carbocycles. The number of pyridine rings is 1. The van der Waals surface area contributed by atoms with Gasteiger partial charge in [0, 0.05) is 0 Å². The molecular formula is C11H9F3N2O2. The van der Waals surface area contributed by atoms with Crippen LogP contribution in [0.25, 0.3) is 0 Å². The number of carbonyl (C=O) groups is 1. The number of hydrogen-bond acceptors (Lipinski definition) is 4. The number of halogens is 3. The zero-order chi connectivity index (χ0) is 13.7. The first-order valence-electron chi connectivity index (χ1n) is 5.02. The van der Waals surface area contributed by atoms with E-state index in [9.17, 15) is 18.0 Å². The Hall–Kier alpha value is -2.10. The molecule has 0 bridgehead atoms. The van der Waals surface area contributed by atoms with Crippen molar-refractivity contribution in [3.05, 3.63) is 28.8 Å². The molecule has 1 rings (SSSR count). The molecule has 0 aliphatic carbocycles. The standard InChI is InChI=1S/C11H9F3N2O2/c1-2-18-9(17)4-6-3-8(12)16-10(11(13)14)7(6)5-15/h3,11H,2,4H2,1H3. The van der Waals surface area contributed by atoms with Crippen LogP contribution in [-0.4, -0.2) is 17.6 Å². The van der Waals surface area contributed by atoms with Gasteiger partial charge in [-0.05, 0) is 18.6 Å². The molecule has 1 aromatic heterocycles. The third-order valence-electron chi connectivity index (χ3n) is 2.06. The first-order valence-corrected chi connectivity index (χ1v) is 5.02. The summed E-state index contributed by atoms with van der Waals surface area (Å²) in [5, 5.41) is 8.78. The van der Waals surface area contributed by atoms with Gasteiger partial charge in [-0.1, -0.05) is 0 Å². The lowest BCUT2D eigenvalue weighted by atomic mass is 10.0. The molecular weight excluding hydrogens is 249 g/mol. The number of hydrogen-bond donors (Lipinski definition) is 0. The SMILES string of the molecule is CCOC(=O)Cc1cc(F)nc(C(F)F)c1C#N. The molecule has 0 spiro atoms. The third kappa shape index (κ3) is 3.20. The van der Waals surface area contributed by atoms with Crippen LogP contribution in [0.1, 0.15) is 30.2 Å². The van der Waals surface area contributed by atoms with Crippen LogP contribution in [0, 0.1) is 17.3 Å². The minimum absolute atomic E-state index is 0.107. The van der Waals surface area contributed by atoms with E-state index < -0.39 is 36.0 Å². The van der Waals surface area contributed by atoms with Gasteiger partial charge >= 0.3 is 5.97 Å². The van der Waals surface area contributed by atoms with E-state index in [4.69, 9.17) is 5.26 Å². The zero-order valence-corrected chi connectivity index (χ0v) is 9.41. The average molecular weight is 258 g/mol. The molecule has 4 nitrogen and oxygen atoms in total. The highest BCUT2D eigenvalue weighted by molar-refractivity contribution is 5.73. The second-order valence-electron chi connectivity index (χ2n) is 3.26. The largest absolute Gasteiger partial charge is 0.466 e. The molecule has 0 aliphatic heterocycles. The Bertz CT molecular complexity index is 498. The maximum absolute atomic E-state index is 13.0. The van der Waals surface area contributed by atoms with E-state index in [1.807, 2.05) is 0 Å². The first kappa shape index (κ1) is 14.0. The van der Waals surface area contributed by atoms with Gasteiger partial charge in [0.25, 0.3) is 6.43 Å². The minimum Gasteiger partial charge on any atom is -0.466 e. The van der Waals surface area contributed by atoms with Crippen molar-refractivity contribution in [2.24, 2.45) is 0 Å². The van der Waals surface area contributed by atoms with Gasteiger partial charge in [0.15, 0.2) is 0 Å². The van der Waals surface area contributed by atoms with Gasteiger partial charge in [0.05, 0.1) is 18.6 Å². The van der Waals surface area contributed by atoms with E-state index in [1.54, 1.807) is 6.92 Å². The molecule has 0 fully saturated rings. The summed E-state index contributed by atoms with van der Waals surface area (Å²) >= 11 is 0. The van der Waals surface area contributed by atoms with Crippen LogP contribution in [-0.2, 0) is 16.0 Å². The van der Waals surface area contributed by atoms with E-state index in [0.717, 1.165) is 6.07 Å². The number of aromatic nitrogens is 1. The molecule has 0 aromatic carbocycles. The number of alkyl halides is 2. The monoisotopic (exact) mass is 258 g/mol. The van der Waals surface area contributed by atoms with Crippen molar-refractivity contribution in [2.45, 2.75) is 19.8 Å². The smallest absolute Gasteiger partial charge is 0.310 e. The summed E-state index contributed by atoms with van der Waals surface area (Å²) in [6, 6.07) is 2.28. The van der Waals surface area contributed by atoms with Crippen molar-refractivity contribution < 1.29 is 22.7 Å². The Morgan fingerprint density at radius 1 is 1.61 bits per heavy atom. The highest BCUT2D eigenvalue weighted by Gasteiger charge is 2.21. The molecule has 0 amide bonds. The summed E-state index contributed by atoms with van der Waals surface area (Å²) in [7, 11) is 0.